The molecule has 0 aliphatic rings. The largest absolute Gasteiger partial charge is 0.465 e. The molecule has 0 bridgehead atoms. The van der Waals surface area contributed by atoms with Gasteiger partial charge >= 0.3 is 6.09 Å². The first-order valence-electron chi connectivity index (χ1n) is 11.6. The lowest BCUT2D eigenvalue weighted by atomic mass is 10.0. The second-order valence-electron chi connectivity index (χ2n) is 9.28. The molecule has 1 aromatic carbocycles. The SMILES string of the molecule is CCn1c(C(C#N)c2nc(NC(=O)CCCN(C(=O)O)C(C)(C)C)ncc2C)nc2ccccc21. The molecule has 184 valence electrons. The minimum Gasteiger partial charge on any atom is -0.465 e. The summed E-state index contributed by atoms with van der Waals surface area (Å²) in [5.74, 6) is -0.377. The molecule has 3 aromatic rings. The summed E-state index contributed by atoms with van der Waals surface area (Å²) in [6.45, 7) is 10.1. The third-order valence-electron chi connectivity index (χ3n) is 5.75. The molecule has 1 atom stereocenters. The van der Waals surface area contributed by atoms with Gasteiger partial charge in [0.25, 0.3) is 0 Å². The van der Waals surface area contributed by atoms with Crippen LogP contribution in [0.2, 0.25) is 0 Å². The molecule has 35 heavy (non-hydrogen) atoms. The molecule has 0 radical (unpaired) electrons. The molecular weight excluding hydrogens is 446 g/mol. The molecule has 2 heterocycles. The highest BCUT2D eigenvalue weighted by molar-refractivity contribution is 5.89. The second-order valence-corrected chi connectivity index (χ2v) is 9.28. The van der Waals surface area contributed by atoms with Crippen LogP contribution in [0.5, 0.6) is 0 Å². The van der Waals surface area contributed by atoms with Gasteiger partial charge < -0.3 is 14.6 Å². The maximum absolute atomic E-state index is 12.5. The highest BCUT2D eigenvalue weighted by atomic mass is 16.4. The Balaban J connectivity index is 1.78. The number of para-hydroxylation sites is 2. The van der Waals surface area contributed by atoms with E-state index in [0.717, 1.165) is 11.0 Å². The van der Waals surface area contributed by atoms with Crippen molar-refractivity contribution in [1.29, 1.82) is 5.26 Å². The van der Waals surface area contributed by atoms with Crippen molar-refractivity contribution >= 4 is 29.0 Å². The Morgan fingerprint density at radius 2 is 1.97 bits per heavy atom. The molecule has 2 N–H and O–H groups in total. The maximum Gasteiger partial charge on any atom is 0.407 e. The molecule has 2 amide bonds. The van der Waals surface area contributed by atoms with E-state index in [0.29, 0.717) is 30.0 Å². The van der Waals surface area contributed by atoms with Gasteiger partial charge in [-0.3, -0.25) is 10.1 Å². The number of hydrogen-bond acceptors (Lipinski definition) is 6. The molecule has 3 rings (SSSR count). The second kappa shape index (κ2) is 10.5. The van der Waals surface area contributed by atoms with Crippen molar-refractivity contribution in [2.24, 2.45) is 0 Å². The highest BCUT2D eigenvalue weighted by Crippen LogP contribution is 2.28. The first kappa shape index (κ1) is 25.6. The van der Waals surface area contributed by atoms with Crippen molar-refractivity contribution < 1.29 is 14.7 Å². The van der Waals surface area contributed by atoms with Crippen molar-refractivity contribution in [2.75, 3.05) is 11.9 Å². The number of carbonyl (C=O) groups is 2. The number of anilines is 1. The standard InChI is InChI=1S/C25H31N7O3/c1-6-31-19-11-8-7-10-18(19)28-22(31)17(14-26)21-16(2)15-27-23(30-21)29-20(33)12-9-13-32(24(34)35)25(3,4)5/h7-8,10-11,15,17H,6,9,12-13H2,1-5H3,(H,34,35)(H,27,29,30,33). The zero-order valence-corrected chi connectivity index (χ0v) is 20.7. The zero-order valence-electron chi connectivity index (χ0n) is 20.7. The third kappa shape index (κ3) is 5.74. The van der Waals surface area contributed by atoms with E-state index in [1.165, 1.54) is 4.90 Å². The smallest absolute Gasteiger partial charge is 0.407 e. The van der Waals surface area contributed by atoms with Crippen LogP contribution in [0.15, 0.2) is 30.5 Å². The average molecular weight is 478 g/mol. The summed E-state index contributed by atoms with van der Waals surface area (Å²) in [6, 6.07) is 10.0. The van der Waals surface area contributed by atoms with Crippen molar-refractivity contribution in [2.45, 2.75) is 65.5 Å². The summed E-state index contributed by atoms with van der Waals surface area (Å²) in [5, 5.41) is 22.1. The van der Waals surface area contributed by atoms with Gasteiger partial charge in [0.15, 0.2) is 0 Å². The van der Waals surface area contributed by atoms with Gasteiger partial charge in [-0.15, -0.1) is 0 Å². The van der Waals surface area contributed by atoms with E-state index in [9.17, 15) is 20.0 Å². The summed E-state index contributed by atoms with van der Waals surface area (Å²) in [6.07, 6.45) is 1.02. The van der Waals surface area contributed by atoms with Gasteiger partial charge in [0.2, 0.25) is 11.9 Å². The van der Waals surface area contributed by atoms with Gasteiger partial charge in [-0.05, 0) is 58.7 Å². The molecule has 10 nitrogen and oxygen atoms in total. The quantitative estimate of drug-likeness (QED) is 0.493. The monoisotopic (exact) mass is 477 g/mol. The molecule has 1 unspecified atom stereocenters. The van der Waals surface area contributed by atoms with Crippen LogP contribution in [0.4, 0.5) is 10.7 Å². The van der Waals surface area contributed by atoms with Crippen LogP contribution in [-0.4, -0.2) is 53.6 Å². The predicted molar refractivity (Wildman–Crippen MR) is 132 cm³/mol. The molecule has 10 heteroatoms. The Labute approximate surface area is 204 Å². The first-order chi connectivity index (χ1) is 16.6. The number of fused-ring (bicyclic) bond motifs is 1. The van der Waals surface area contributed by atoms with E-state index in [4.69, 9.17) is 4.98 Å². The molecular formula is C25H31N7O3. The van der Waals surface area contributed by atoms with Crippen LogP contribution in [0.25, 0.3) is 11.0 Å². The number of rotatable bonds is 8. The molecule has 2 aromatic heterocycles. The van der Waals surface area contributed by atoms with Gasteiger partial charge in [0, 0.05) is 31.2 Å². The normalized spacial score (nSPS) is 12.2. The van der Waals surface area contributed by atoms with Crippen LogP contribution >= 0.6 is 0 Å². The molecule has 0 saturated heterocycles. The number of imidazole rings is 1. The summed E-state index contributed by atoms with van der Waals surface area (Å²) in [5.41, 5.74) is 2.38. The number of hydrogen-bond donors (Lipinski definition) is 2. The van der Waals surface area contributed by atoms with E-state index in [-0.39, 0.29) is 24.8 Å². The minimum absolute atomic E-state index is 0.0981. The maximum atomic E-state index is 12.5. The molecule has 0 spiro atoms. The number of aromatic nitrogens is 4. The van der Waals surface area contributed by atoms with Gasteiger partial charge in [-0.1, -0.05) is 12.1 Å². The number of nitriles is 1. The van der Waals surface area contributed by atoms with Gasteiger partial charge in [-0.25, -0.2) is 19.7 Å². The fourth-order valence-electron chi connectivity index (χ4n) is 4.00. The molecule has 0 fully saturated rings. The number of amides is 2. The van der Waals surface area contributed by atoms with E-state index in [2.05, 4.69) is 21.4 Å². The van der Waals surface area contributed by atoms with E-state index in [1.54, 1.807) is 27.0 Å². The van der Waals surface area contributed by atoms with Crippen molar-refractivity contribution in [3.05, 3.63) is 47.5 Å². The van der Waals surface area contributed by atoms with Crippen molar-refractivity contribution in [3.63, 3.8) is 0 Å². The Kier molecular flexibility index (Phi) is 7.69. The predicted octanol–water partition coefficient (Wildman–Crippen LogP) is 4.31. The van der Waals surface area contributed by atoms with Gasteiger partial charge in [0.1, 0.15) is 11.7 Å². The number of carbonyl (C=O) groups excluding carboxylic acids is 1. The number of nitrogens with one attached hydrogen (secondary N) is 1. The fraction of sp³-hybridized carbons (Fsp3) is 0.440. The number of benzene rings is 1. The number of carboxylic acid groups (broad SMARTS) is 1. The van der Waals surface area contributed by atoms with Crippen molar-refractivity contribution in [3.8, 4) is 6.07 Å². The first-order valence-corrected chi connectivity index (χ1v) is 11.6. The minimum atomic E-state index is -1.02. The summed E-state index contributed by atoms with van der Waals surface area (Å²) >= 11 is 0. The summed E-state index contributed by atoms with van der Waals surface area (Å²) < 4.78 is 1.99. The summed E-state index contributed by atoms with van der Waals surface area (Å²) in [4.78, 5) is 38.7. The molecule has 0 aliphatic carbocycles. The molecule has 0 saturated carbocycles. The van der Waals surface area contributed by atoms with Crippen molar-refractivity contribution in [1.82, 2.24) is 24.4 Å². The Morgan fingerprint density at radius 1 is 1.26 bits per heavy atom. The number of aryl methyl sites for hydroxylation is 2. The van der Waals surface area contributed by atoms with Crippen LogP contribution in [0.1, 0.15) is 63.5 Å². The van der Waals surface area contributed by atoms with E-state index in [1.807, 2.05) is 42.7 Å². The summed E-state index contributed by atoms with van der Waals surface area (Å²) in [7, 11) is 0. The Bertz CT molecular complexity index is 1270. The molecule has 0 aliphatic heterocycles. The van der Waals surface area contributed by atoms with E-state index >= 15 is 0 Å². The number of nitrogens with zero attached hydrogens (tertiary/aromatic N) is 6. The van der Waals surface area contributed by atoms with Gasteiger partial charge in [-0.2, -0.15) is 5.26 Å². The highest BCUT2D eigenvalue weighted by Gasteiger charge is 2.27. The lowest BCUT2D eigenvalue weighted by molar-refractivity contribution is -0.116. The zero-order chi connectivity index (χ0) is 25.8. The third-order valence-corrected chi connectivity index (χ3v) is 5.75. The van der Waals surface area contributed by atoms with Crippen LogP contribution in [0, 0.1) is 18.3 Å². The fourth-order valence-corrected chi connectivity index (χ4v) is 4.00. The van der Waals surface area contributed by atoms with Gasteiger partial charge in [0.05, 0.1) is 22.8 Å². The topological polar surface area (TPSA) is 137 Å². The van der Waals surface area contributed by atoms with Crippen LogP contribution in [-0.2, 0) is 11.3 Å². The van der Waals surface area contributed by atoms with Crippen LogP contribution in [0.3, 0.4) is 0 Å². The average Bonchev–Trinajstić information content (AvgIpc) is 3.16. The Morgan fingerprint density at radius 3 is 2.60 bits per heavy atom. The lowest BCUT2D eigenvalue weighted by Crippen LogP contribution is -2.45. The van der Waals surface area contributed by atoms with Crippen LogP contribution < -0.4 is 5.32 Å². The van der Waals surface area contributed by atoms with E-state index < -0.39 is 17.6 Å². The lowest BCUT2D eigenvalue weighted by Gasteiger charge is -2.33. The Hall–Kier alpha value is -4.00.